The third kappa shape index (κ3) is 4.15. The van der Waals surface area contributed by atoms with Crippen molar-refractivity contribution in [3.8, 4) is 0 Å². The van der Waals surface area contributed by atoms with Gasteiger partial charge in [-0.2, -0.15) is 0 Å². The first kappa shape index (κ1) is 19.4. The van der Waals surface area contributed by atoms with Gasteiger partial charge >= 0.3 is 0 Å². The predicted octanol–water partition coefficient (Wildman–Crippen LogP) is 5.50. The Labute approximate surface area is 163 Å². The van der Waals surface area contributed by atoms with Gasteiger partial charge in [0.25, 0.3) is 0 Å². The maximum Gasteiger partial charge on any atom is 0.242 e. The van der Waals surface area contributed by atoms with E-state index in [0.717, 1.165) is 33.4 Å². The van der Waals surface area contributed by atoms with Crippen LogP contribution in [0.5, 0.6) is 0 Å². The van der Waals surface area contributed by atoms with E-state index in [9.17, 15) is 14.4 Å². The van der Waals surface area contributed by atoms with E-state index in [1.54, 1.807) is 17.8 Å². The molecular weight excluding hydrogens is 361 g/mol. The third-order valence-electron chi connectivity index (χ3n) is 4.82. The quantitative estimate of drug-likeness (QED) is 0.421. The monoisotopic (exact) mass is 383 g/mol. The van der Waals surface area contributed by atoms with Crippen LogP contribution in [-0.2, 0) is 4.79 Å². The number of halogens is 1. The van der Waals surface area contributed by atoms with Gasteiger partial charge in [0.1, 0.15) is 5.82 Å². The second-order valence-corrected chi connectivity index (χ2v) is 7.40. The van der Waals surface area contributed by atoms with Crippen molar-refractivity contribution in [1.29, 1.82) is 0 Å². The van der Waals surface area contributed by atoms with Crippen LogP contribution < -0.4 is 0 Å². The fourth-order valence-corrected chi connectivity index (χ4v) is 3.73. The lowest BCUT2D eigenvalue weighted by molar-refractivity contribution is -0.162. The van der Waals surface area contributed by atoms with Crippen molar-refractivity contribution in [2.24, 2.45) is 0 Å². The maximum absolute atomic E-state index is 13.9. The molecule has 0 spiro atoms. The molecule has 1 amide bonds. The number of carbonyl (C=O) groups excluding carboxylic acids is 1. The molecule has 2 aromatic carbocycles. The van der Waals surface area contributed by atoms with Crippen molar-refractivity contribution in [3.63, 3.8) is 0 Å². The van der Waals surface area contributed by atoms with Crippen LogP contribution in [0.25, 0.3) is 17.2 Å². The summed E-state index contributed by atoms with van der Waals surface area (Å²) in [6.07, 6.45) is 4.60. The molecule has 2 aromatic rings. The topological polar surface area (TPSA) is 40.5 Å². The SMILES string of the molecule is CSc1ccc(C=C2C(C)=C(CCN(O)C(C)=O)c3cc(F)ccc32)cc1. The minimum atomic E-state index is -0.407. The Balaban J connectivity index is 2.00. The summed E-state index contributed by atoms with van der Waals surface area (Å²) in [5.74, 6) is -0.701. The molecule has 3 nitrogen and oxygen atoms in total. The lowest BCUT2D eigenvalue weighted by atomic mass is 10.0. The standard InChI is InChI=1S/C22H22FNO2S/c1-14-19(10-11-24(26)15(2)25)22-13-17(23)6-9-20(22)21(14)12-16-4-7-18(27-3)8-5-16/h4-9,12-13,26H,10-11H2,1-3H3. The molecule has 140 valence electrons. The predicted molar refractivity (Wildman–Crippen MR) is 109 cm³/mol. The normalized spacial score (nSPS) is 14.6. The van der Waals surface area contributed by atoms with Crippen molar-refractivity contribution in [1.82, 2.24) is 5.06 Å². The molecule has 3 rings (SSSR count). The highest BCUT2D eigenvalue weighted by molar-refractivity contribution is 7.98. The van der Waals surface area contributed by atoms with Crippen LogP contribution in [-0.4, -0.2) is 29.0 Å². The number of hydrogen-bond donors (Lipinski definition) is 1. The highest BCUT2D eigenvalue weighted by Crippen LogP contribution is 2.43. The van der Waals surface area contributed by atoms with Crippen LogP contribution >= 0.6 is 11.8 Å². The van der Waals surface area contributed by atoms with Crippen molar-refractivity contribution in [2.75, 3.05) is 12.8 Å². The first-order valence-electron chi connectivity index (χ1n) is 8.74. The molecule has 0 saturated heterocycles. The highest BCUT2D eigenvalue weighted by atomic mass is 32.2. The van der Waals surface area contributed by atoms with Crippen LogP contribution in [0.1, 0.15) is 37.0 Å². The zero-order valence-electron chi connectivity index (χ0n) is 15.6. The number of thioether (sulfide) groups is 1. The van der Waals surface area contributed by atoms with Crippen molar-refractivity contribution in [2.45, 2.75) is 25.2 Å². The molecule has 0 bridgehead atoms. The molecule has 1 aliphatic rings. The van der Waals surface area contributed by atoms with Gasteiger partial charge in [-0.05, 0) is 83.4 Å². The molecule has 0 aliphatic heterocycles. The minimum absolute atomic E-state index is 0.174. The van der Waals surface area contributed by atoms with Gasteiger partial charge in [0.15, 0.2) is 0 Å². The Morgan fingerprint density at radius 2 is 1.89 bits per heavy atom. The first-order valence-corrected chi connectivity index (χ1v) is 9.96. The van der Waals surface area contributed by atoms with Crippen molar-refractivity contribution >= 4 is 34.9 Å². The summed E-state index contributed by atoms with van der Waals surface area (Å²) in [6.45, 7) is 3.49. The average Bonchev–Trinajstić information content (AvgIpc) is 2.91. The van der Waals surface area contributed by atoms with Crippen LogP contribution in [0.2, 0.25) is 0 Å². The molecule has 0 saturated carbocycles. The molecule has 0 unspecified atom stereocenters. The van der Waals surface area contributed by atoms with Gasteiger partial charge in [0, 0.05) is 11.8 Å². The largest absolute Gasteiger partial charge is 0.286 e. The Bertz CT molecular complexity index is 932. The molecule has 0 heterocycles. The summed E-state index contributed by atoms with van der Waals surface area (Å²) in [4.78, 5) is 12.5. The molecule has 5 heteroatoms. The molecule has 0 atom stereocenters. The zero-order chi connectivity index (χ0) is 19.6. The summed E-state index contributed by atoms with van der Waals surface area (Å²) < 4.78 is 13.9. The van der Waals surface area contributed by atoms with Gasteiger partial charge in [-0.1, -0.05) is 18.2 Å². The van der Waals surface area contributed by atoms with E-state index >= 15 is 0 Å². The van der Waals surface area contributed by atoms with Crippen molar-refractivity contribution < 1.29 is 14.4 Å². The number of amides is 1. The van der Waals surface area contributed by atoms with Crippen LogP contribution in [0.4, 0.5) is 4.39 Å². The number of carbonyl (C=O) groups is 1. The van der Waals surface area contributed by atoms with Gasteiger partial charge in [0.2, 0.25) is 5.91 Å². The van der Waals surface area contributed by atoms with Crippen LogP contribution in [0.3, 0.4) is 0 Å². The summed E-state index contributed by atoms with van der Waals surface area (Å²) in [6, 6.07) is 13.1. The van der Waals surface area contributed by atoms with Gasteiger partial charge in [-0.3, -0.25) is 10.0 Å². The Morgan fingerprint density at radius 1 is 1.19 bits per heavy atom. The molecule has 0 fully saturated rings. The fourth-order valence-electron chi connectivity index (χ4n) is 3.32. The second-order valence-electron chi connectivity index (χ2n) is 6.52. The Kier molecular flexibility index (Phi) is 5.82. The summed E-state index contributed by atoms with van der Waals surface area (Å²) >= 11 is 1.70. The summed E-state index contributed by atoms with van der Waals surface area (Å²) in [5.41, 5.74) is 5.93. The lowest BCUT2D eigenvalue weighted by Gasteiger charge is -2.13. The number of hydrogen-bond acceptors (Lipinski definition) is 3. The number of fused-ring (bicyclic) bond motifs is 1. The smallest absolute Gasteiger partial charge is 0.242 e. The second kappa shape index (κ2) is 8.11. The van der Waals surface area contributed by atoms with E-state index in [1.165, 1.54) is 24.0 Å². The molecule has 27 heavy (non-hydrogen) atoms. The molecule has 0 radical (unpaired) electrons. The maximum atomic E-state index is 13.9. The van der Waals surface area contributed by atoms with Crippen LogP contribution in [0, 0.1) is 5.82 Å². The highest BCUT2D eigenvalue weighted by Gasteiger charge is 2.24. The number of benzene rings is 2. The van der Waals surface area contributed by atoms with E-state index in [2.05, 4.69) is 30.3 Å². The van der Waals surface area contributed by atoms with Gasteiger partial charge in [-0.15, -0.1) is 11.8 Å². The van der Waals surface area contributed by atoms with Crippen molar-refractivity contribution in [3.05, 3.63) is 70.5 Å². The molecular formula is C22H22FNO2S. The van der Waals surface area contributed by atoms with E-state index in [1.807, 2.05) is 13.2 Å². The fraction of sp³-hybridized carbons (Fsp3) is 0.227. The van der Waals surface area contributed by atoms with Crippen LogP contribution in [0.15, 0.2) is 52.9 Å². The lowest BCUT2D eigenvalue weighted by Crippen LogP contribution is -2.25. The Morgan fingerprint density at radius 3 is 2.52 bits per heavy atom. The first-order chi connectivity index (χ1) is 12.9. The number of nitrogens with zero attached hydrogens (tertiary/aromatic N) is 1. The molecule has 1 aliphatic carbocycles. The summed E-state index contributed by atoms with van der Waals surface area (Å²) in [5, 5.41) is 10.4. The van der Waals surface area contributed by atoms with E-state index in [-0.39, 0.29) is 12.4 Å². The third-order valence-corrected chi connectivity index (χ3v) is 5.56. The number of hydroxylamine groups is 2. The van der Waals surface area contributed by atoms with Gasteiger partial charge < -0.3 is 0 Å². The van der Waals surface area contributed by atoms with Gasteiger partial charge in [0.05, 0.1) is 6.54 Å². The van der Waals surface area contributed by atoms with E-state index in [0.29, 0.717) is 11.5 Å². The zero-order valence-corrected chi connectivity index (χ0v) is 16.4. The molecule has 1 N–H and O–H groups in total. The molecule has 0 aromatic heterocycles. The minimum Gasteiger partial charge on any atom is -0.286 e. The summed E-state index contributed by atoms with van der Waals surface area (Å²) in [7, 11) is 0. The Hall–Kier alpha value is -2.37. The average molecular weight is 383 g/mol. The van der Waals surface area contributed by atoms with E-state index < -0.39 is 5.91 Å². The number of rotatable bonds is 5. The number of allylic oxidation sites excluding steroid dienone is 2. The van der Waals surface area contributed by atoms with Gasteiger partial charge in [-0.25, -0.2) is 9.45 Å². The van der Waals surface area contributed by atoms with E-state index in [4.69, 9.17) is 0 Å².